The lowest BCUT2D eigenvalue weighted by molar-refractivity contribution is 0.211. The summed E-state index contributed by atoms with van der Waals surface area (Å²) in [5, 5.41) is 12.1. The molecule has 0 spiro atoms. The van der Waals surface area contributed by atoms with E-state index in [2.05, 4.69) is 30.6 Å². The van der Waals surface area contributed by atoms with E-state index < -0.39 is 0 Å². The summed E-state index contributed by atoms with van der Waals surface area (Å²) in [5.41, 5.74) is 1.19. The third kappa shape index (κ3) is 7.06. The van der Waals surface area contributed by atoms with Crippen molar-refractivity contribution in [2.75, 3.05) is 39.3 Å². The van der Waals surface area contributed by atoms with Crippen LogP contribution in [0.25, 0.3) is 0 Å². The molecule has 0 aliphatic rings. The Balaban J connectivity index is 3.56. The minimum absolute atomic E-state index is 0.226. The molecule has 3 nitrogen and oxygen atoms in total. The zero-order valence-corrected chi connectivity index (χ0v) is 9.55. The smallest absolute Gasteiger partial charge is 0.0558 e. The maximum Gasteiger partial charge on any atom is 0.0558 e. The predicted molar refractivity (Wildman–Crippen MR) is 61.5 cm³/mol. The summed E-state index contributed by atoms with van der Waals surface area (Å²) in [6.45, 7) is 13.0. The number of aliphatic hydroxyl groups excluding tert-OH is 1. The summed E-state index contributed by atoms with van der Waals surface area (Å²) < 4.78 is 0. The van der Waals surface area contributed by atoms with Gasteiger partial charge in [-0.1, -0.05) is 20.4 Å². The normalized spacial score (nSPS) is 10.9. The minimum Gasteiger partial charge on any atom is -0.395 e. The van der Waals surface area contributed by atoms with Crippen molar-refractivity contribution in [2.24, 2.45) is 0 Å². The van der Waals surface area contributed by atoms with Crippen molar-refractivity contribution >= 4 is 0 Å². The number of likely N-dealkylation sites (N-methyl/N-ethyl adjacent to an activating group) is 1. The lowest BCUT2D eigenvalue weighted by Gasteiger charge is -2.20. The molecule has 0 aliphatic heterocycles. The molecular formula is C11H24N2O. The van der Waals surface area contributed by atoms with Crippen LogP contribution in [0.15, 0.2) is 12.2 Å². The number of hydrogen-bond acceptors (Lipinski definition) is 3. The molecule has 0 aromatic heterocycles. The largest absolute Gasteiger partial charge is 0.395 e. The Bertz CT molecular complexity index is 148. The van der Waals surface area contributed by atoms with Crippen LogP contribution in [0.1, 0.15) is 20.3 Å². The highest BCUT2D eigenvalue weighted by molar-refractivity contribution is 4.99. The molecule has 0 unspecified atom stereocenters. The fourth-order valence-corrected chi connectivity index (χ4v) is 1.30. The van der Waals surface area contributed by atoms with Gasteiger partial charge in [0.05, 0.1) is 6.61 Å². The van der Waals surface area contributed by atoms with E-state index in [1.165, 1.54) is 5.57 Å². The molecule has 14 heavy (non-hydrogen) atoms. The first-order valence-corrected chi connectivity index (χ1v) is 5.45. The Morgan fingerprint density at radius 1 is 1.43 bits per heavy atom. The third-order valence-electron chi connectivity index (χ3n) is 2.11. The number of hydrogen-bond donors (Lipinski definition) is 2. The summed E-state index contributed by atoms with van der Waals surface area (Å²) in [5.74, 6) is 0. The molecule has 84 valence electrons. The number of nitrogens with zero attached hydrogens (tertiary/aromatic N) is 1. The lowest BCUT2D eigenvalue weighted by atomic mass is 10.2. The zero-order valence-electron chi connectivity index (χ0n) is 9.55. The summed E-state index contributed by atoms with van der Waals surface area (Å²) in [7, 11) is 0. The van der Waals surface area contributed by atoms with Gasteiger partial charge in [0, 0.05) is 19.6 Å². The van der Waals surface area contributed by atoms with Gasteiger partial charge in [-0.25, -0.2) is 0 Å². The zero-order chi connectivity index (χ0) is 10.8. The molecule has 3 heteroatoms. The lowest BCUT2D eigenvalue weighted by Crippen LogP contribution is -2.31. The fourth-order valence-electron chi connectivity index (χ4n) is 1.30. The highest BCUT2D eigenvalue weighted by Crippen LogP contribution is 1.95. The Hall–Kier alpha value is -0.380. The Morgan fingerprint density at radius 3 is 2.64 bits per heavy atom. The molecule has 0 bridgehead atoms. The van der Waals surface area contributed by atoms with E-state index in [0.29, 0.717) is 0 Å². The standard InChI is InChI=1S/C11H24N2O/c1-4-6-12-9-11(3)10-13(5-2)7-8-14/h12,14H,3-10H2,1-2H3. The molecular weight excluding hydrogens is 176 g/mol. The van der Waals surface area contributed by atoms with Gasteiger partial charge in [0.1, 0.15) is 0 Å². The van der Waals surface area contributed by atoms with Crippen LogP contribution in [0, 0.1) is 0 Å². The van der Waals surface area contributed by atoms with Crippen molar-refractivity contribution in [1.82, 2.24) is 10.2 Å². The number of rotatable bonds is 9. The van der Waals surface area contributed by atoms with Crippen molar-refractivity contribution < 1.29 is 5.11 Å². The van der Waals surface area contributed by atoms with Crippen LogP contribution in [0.2, 0.25) is 0 Å². The van der Waals surface area contributed by atoms with Gasteiger partial charge in [-0.15, -0.1) is 0 Å². The van der Waals surface area contributed by atoms with Crippen molar-refractivity contribution in [1.29, 1.82) is 0 Å². The molecule has 0 heterocycles. The molecule has 0 atom stereocenters. The van der Waals surface area contributed by atoms with Gasteiger partial charge < -0.3 is 10.4 Å². The molecule has 2 N–H and O–H groups in total. The first-order chi connectivity index (χ1) is 6.74. The topological polar surface area (TPSA) is 35.5 Å². The van der Waals surface area contributed by atoms with Crippen LogP contribution >= 0.6 is 0 Å². The van der Waals surface area contributed by atoms with Gasteiger partial charge in [0.15, 0.2) is 0 Å². The molecule has 0 radical (unpaired) electrons. The van der Waals surface area contributed by atoms with Gasteiger partial charge in [0.2, 0.25) is 0 Å². The summed E-state index contributed by atoms with van der Waals surface area (Å²) in [6, 6.07) is 0. The van der Waals surface area contributed by atoms with E-state index in [1.807, 2.05) is 0 Å². The molecule has 0 amide bonds. The Morgan fingerprint density at radius 2 is 2.14 bits per heavy atom. The first kappa shape index (κ1) is 13.6. The predicted octanol–water partition coefficient (Wildman–Crippen LogP) is 0.856. The van der Waals surface area contributed by atoms with Gasteiger partial charge in [0.25, 0.3) is 0 Å². The van der Waals surface area contributed by atoms with Crippen LogP contribution in [0.4, 0.5) is 0 Å². The van der Waals surface area contributed by atoms with E-state index >= 15 is 0 Å². The number of nitrogens with one attached hydrogen (secondary N) is 1. The first-order valence-electron chi connectivity index (χ1n) is 5.45. The fraction of sp³-hybridized carbons (Fsp3) is 0.818. The minimum atomic E-state index is 0.226. The monoisotopic (exact) mass is 200 g/mol. The maximum absolute atomic E-state index is 8.81. The highest BCUT2D eigenvalue weighted by Gasteiger charge is 2.02. The van der Waals surface area contributed by atoms with E-state index in [1.54, 1.807) is 0 Å². The average molecular weight is 200 g/mol. The molecule has 0 aromatic rings. The van der Waals surface area contributed by atoms with Gasteiger partial charge in [-0.05, 0) is 25.1 Å². The molecule has 0 rings (SSSR count). The van der Waals surface area contributed by atoms with E-state index in [4.69, 9.17) is 5.11 Å². The van der Waals surface area contributed by atoms with Crippen molar-refractivity contribution in [3.63, 3.8) is 0 Å². The van der Waals surface area contributed by atoms with Crippen LogP contribution in [-0.4, -0.2) is 49.3 Å². The molecule has 0 aliphatic carbocycles. The molecule has 0 aromatic carbocycles. The van der Waals surface area contributed by atoms with E-state index in [9.17, 15) is 0 Å². The SMILES string of the molecule is C=C(CNCCC)CN(CC)CCO. The van der Waals surface area contributed by atoms with Crippen LogP contribution in [0.3, 0.4) is 0 Å². The Labute approximate surface area is 87.8 Å². The van der Waals surface area contributed by atoms with E-state index in [-0.39, 0.29) is 6.61 Å². The van der Waals surface area contributed by atoms with Crippen molar-refractivity contribution in [3.8, 4) is 0 Å². The second-order valence-electron chi connectivity index (χ2n) is 3.52. The summed E-state index contributed by atoms with van der Waals surface area (Å²) in [4.78, 5) is 2.19. The quantitative estimate of drug-likeness (QED) is 0.428. The highest BCUT2D eigenvalue weighted by atomic mass is 16.3. The second kappa shape index (κ2) is 9.19. The summed E-state index contributed by atoms with van der Waals surface area (Å²) >= 11 is 0. The molecule has 0 saturated carbocycles. The van der Waals surface area contributed by atoms with E-state index in [0.717, 1.165) is 39.1 Å². The van der Waals surface area contributed by atoms with Gasteiger partial charge in [-0.3, -0.25) is 4.90 Å². The van der Waals surface area contributed by atoms with Crippen molar-refractivity contribution in [3.05, 3.63) is 12.2 Å². The molecule has 0 fully saturated rings. The Kier molecular flexibility index (Phi) is 8.94. The number of aliphatic hydroxyl groups is 1. The van der Waals surface area contributed by atoms with Gasteiger partial charge in [-0.2, -0.15) is 0 Å². The second-order valence-corrected chi connectivity index (χ2v) is 3.52. The van der Waals surface area contributed by atoms with Crippen molar-refractivity contribution in [2.45, 2.75) is 20.3 Å². The average Bonchev–Trinajstić information content (AvgIpc) is 2.17. The third-order valence-corrected chi connectivity index (χ3v) is 2.11. The van der Waals surface area contributed by atoms with Crippen LogP contribution in [-0.2, 0) is 0 Å². The van der Waals surface area contributed by atoms with Crippen LogP contribution in [0.5, 0.6) is 0 Å². The van der Waals surface area contributed by atoms with Gasteiger partial charge >= 0.3 is 0 Å². The molecule has 0 saturated heterocycles. The summed E-state index contributed by atoms with van der Waals surface area (Å²) in [6.07, 6.45) is 1.15. The maximum atomic E-state index is 8.81. The van der Waals surface area contributed by atoms with Crippen LogP contribution < -0.4 is 5.32 Å².